The molecule has 0 saturated heterocycles. The molecule has 0 radical (unpaired) electrons. The molecule has 0 bridgehead atoms. The zero-order valence-electron chi connectivity index (χ0n) is 21.3. The molecular formula is C29H38N2O4S. The lowest BCUT2D eigenvalue weighted by atomic mass is 10.1. The van der Waals surface area contributed by atoms with Crippen molar-refractivity contribution in [2.45, 2.75) is 70.1 Å². The smallest absolute Gasteiger partial charge is 0.298 e. The lowest BCUT2D eigenvalue weighted by Gasteiger charge is -2.16. The summed E-state index contributed by atoms with van der Waals surface area (Å²) >= 11 is 0. The fourth-order valence-electron chi connectivity index (χ4n) is 4.01. The molecule has 194 valence electrons. The summed E-state index contributed by atoms with van der Waals surface area (Å²) in [5.74, 6) is 0.186. The molecule has 7 heteroatoms. The Hall–Kier alpha value is -3.03. The maximum Gasteiger partial charge on any atom is 0.298 e. The van der Waals surface area contributed by atoms with Crippen LogP contribution in [0, 0.1) is 6.92 Å². The predicted molar refractivity (Wildman–Crippen MR) is 149 cm³/mol. The summed E-state index contributed by atoms with van der Waals surface area (Å²) in [4.78, 5) is -0.225. The number of rotatable bonds is 15. The van der Waals surface area contributed by atoms with E-state index in [1.54, 1.807) is 6.07 Å². The Kier molecular flexibility index (Phi) is 10.6. The molecular weight excluding hydrogens is 472 g/mol. The maximum atomic E-state index is 12.1. The van der Waals surface area contributed by atoms with Crippen LogP contribution in [-0.2, 0) is 10.1 Å². The minimum Gasteiger partial charge on any atom is -0.492 e. The first-order valence-electron chi connectivity index (χ1n) is 12.8. The predicted octanol–water partition coefficient (Wildman–Crippen LogP) is 8.25. The number of anilines is 4. The van der Waals surface area contributed by atoms with Crippen LogP contribution in [0.1, 0.15) is 63.9 Å². The fourth-order valence-corrected chi connectivity index (χ4v) is 4.65. The van der Waals surface area contributed by atoms with E-state index in [2.05, 4.69) is 17.6 Å². The van der Waals surface area contributed by atoms with Crippen LogP contribution in [0.4, 0.5) is 22.7 Å². The molecule has 0 aliphatic rings. The number of ether oxygens (including phenoxy) is 1. The highest BCUT2D eigenvalue weighted by molar-refractivity contribution is 7.86. The van der Waals surface area contributed by atoms with E-state index in [0.29, 0.717) is 12.3 Å². The molecule has 3 N–H and O–H groups in total. The molecule has 0 saturated carbocycles. The van der Waals surface area contributed by atoms with Gasteiger partial charge in [-0.05, 0) is 67.4 Å². The van der Waals surface area contributed by atoms with Gasteiger partial charge in [0.25, 0.3) is 10.1 Å². The van der Waals surface area contributed by atoms with Gasteiger partial charge in [-0.3, -0.25) is 4.55 Å². The molecule has 0 fully saturated rings. The summed E-state index contributed by atoms with van der Waals surface area (Å²) in [5, 5.41) is 6.58. The third-order valence-electron chi connectivity index (χ3n) is 6.05. The van der Waals surface area contributed by atoms with Crippen molar-refractivity contribution in [2.24, 2.45) is 0 Å². The van der Waals surface area contributed by atoms with E-state index in [1.165, 1.54) is 38.2 Å². The fraction of sp³-hybridized carbons (Fsp3) is 0.379. The second-order valence-corrected chi connectivity index (χ2v) is 10.5. The summed E-state index contributed by atoms with van der Waals surface area (Å²) in [6, 6.07) is 20.7. The molecule has 0 aliphatic heterocycles. The molecule has 0 amide bonds. The van der Waals surface area contributed by atoms with Crippen molar-refractivity contribution >= 4 is 32.9 Å². The Morgan fingerprint density at radius 1 is 0.750 bits per heavy atom. The third kappa shape index (κ3) is 8.88. The summed E-state index contributed by atoms with van der Waals surface area (Å²) in [6.45, 7) is 4.51. The Morgan fingerprint density at radius 2 is 1.31 bits per heavy atom. The summed E-state index contributed by atoms with van der Waals surface area (Å²) in [5.41, 5.74) is 4.14. The van der Waals surface area contributed by atoms with Crippen molar-refractivity contribution in [3.63, 3.8) is 0 Å². The molecule has 0 aliphatic carbocycles. The van der Waals surface area contributed by atoms with Crippen LogP contribution in [-0.4, -0.2) is 19.6 Å². The van der Waals surface area contributed by atoms with Crippen LogP contribution in [0.15, 0.2) is 71.6 Å². The normalized spacial score (nSPS) is 11.3. The van der Waals surface area contributed by atoms with Crippen LogP contribution in [0.25, 0.3) is 0 Å². The largest absolute Gasteiger partial charge is 0.492 e. The highest BCUT2D eigenvalue weighted by atomic mass is 32.2. The molecule has 36 heavy (non-hydrogen) atoms. The van der Waals surface area contributed by atoms with Crippen molar-refractivity contribution in [1.29, 1.82) is 0 Å². The van der Waals surface area contributed by atoms with Crippen molar-refractivity contribution in [3.05, 3.63) is 72.3 Å². The van der Waals surface area contributed by atoms with Crippen molar-refractivity contribution in [1.82, 2.24) is 0 Å². The minimum atomic E-state index is -4.44. The van der Waals surface area contributed by atoms with E-state index in [-0.39, 0.29) is 10.6 Å². The van der Waals surface area contributed by atoms with Gasteiger partial charge >= 0.3 is 0 Å². The number of para-hydroxylation sites is 1. The Morgan fingerprint density at radius 3 is 1.92 bits per heavy atom. The first-order chi connectivity index (χ1) is 17.4. The van der Waals surface area contributed by atoms with E-state index in [0.717, 1.165) is 41.9 Å². The first-order valence-corrected chi connectivity index (χ1v) is 14.2. The SMILES string of the molecule is CCCCCCCCCCOc1cc(C)c(Nc2ccc(Nc3ccccc3)cc2)cc1S(=O)(=O)O. The zero-order chi connectivity index (χ0) is 25.8. The maximum absolute atomic E-state index is 12.1. The second-order valence-electron chi connectivity index (χ2n) is 9.11. The average Bonchev–Trinajstić information content (AvgIpc) is 2.85. The molecule has 0 heterocycles. The van der Waals surface area contributed by atoms with Gasteiger partial charge in [0.15, 0.2) is 0 Å². The number of unbranched alkanes of at least 4 members (excludes halogenated alkanes) is 7. The summed E-state index contributed by atoms with van der Waals surface area (Å²) in [7, 11) is -4.44. The minimum absolute atomic E-state index is 0.186. The van der Waals surface area contributed by atoms with Crippen molar-refractivity contribution < 1.29 is 17.7 Å². The molecule has 3 aromatic rings. The van der Waals surface area contributed by atoms with E-state index in [9.17, 15) is 13.0 Å². The van der Waals surface area contributed by atoms with Gasteiger partial charge < -0.3 is 15.4 Å². The van der Waals surface area contributed by atoms with Crippen LogP contribution in [0.2, 0.25) is 0 Å². The van der Waals surface area contributed by atoms with Crippen LogP contribution >= 0.6 is 0 Å². The molecule has 0 unspecified atom stereocenters. The van der Waals surface area contributed by atoms with E-state index in [4.69, 9.17) is 4.74 Å². The molecule has 0 aromatic heterocycles. The van der Waals surface area contributed by atoms with Gasteiger partial charge in [-0.25, -0.2) is 0 Å². The lowest BCUT2D eigenvalue weighted by Crippen LogP contribution is -2.07. The van der Waals surface area contributed by atoms with Gasteiger partial charge in [-0.2, -0.15) is 8.42 Å². The Labute approximate surface area is 215 Å². The quantitative estimate of drug-likeness (QED) is 0.141. The third-order valence-corrected chi connectivity index (χ3v) is 6.93. The molecule has 3 aromatic carbocycles. The molecule has 6 nitrogen and oxygen atoms in total. The monoisotopic (exact) mass is 510 g/mol. The summed E-state index contributed by atoms with van der Waals surface area (Å²) < 4.78 is 39.8. The molecule has 0 spiro atoms. The number of hydrogen-bond donors (Lipinski definition) is 3. The van der Waals surface area contributed by atoms with E-state index >= 15 is 0 Å². The topological polar surface area (TPSA) is 87.7 Å². The number of hydrogen-bond acceptors (Lipinski definition) is 5. The van der Waals surface area contributed by atoms with Gasteiger partial charge in [0, 0.05) is 22.7 Å². The molecule has 3 rings (SSSR count). The van der Waals surface area contributed by atoms with Gasteiger partial charge in [-0.1, -0.05) is 70.1 Å². The number of aryl methyl sites for hydroxylation is 1. The van der Waals surface area contributed by atoms with Crippen molar-refractivity contribution in [3.8, 4) is 5.75 Å². The summed E-state index contributed by atoms with van der Waals surface area (Å²) in [6.07, 6.45) is 9.36. The molecule has 0 atom stereocenters. The van der Waals surface area contributed by atoms with E-state index in [1.807, 2.05) is 61.5 Å². The van der Waals surface area contributed by atoms with Gasteiger partial charge in [0.2, 0.25) is 0 Å². The van der Waals surface area contributed by atoms with Gasteiger partial charge in [0.1, 0.15) is 10.6 Å². The Bertz CT molecular complexity index is 1180. The Balaban J connectivity index is 1.60. The van der Waals surface area contributed by atoms with Crippen molar-refractivity contribution in [2.75, 3.05) is 17.2 Å². The van der Waals surface area contributed by atoms with Crippen LogP contribution in [0.3, 0.4) is 0 Å². The zero-order valence-corrected chi connectivity index (χ0v) is 22.1. The van der Waals surface area contributed by atoms with E-state index < -0.39 is 10.1 Å². The number of benzene rings is 3. The second kappa shape index (κ2) is 13.9. The average molecular weight is 511 g/mol. The highest BCUT2D eigenvalue weighted by Crippen LogP contribution is 2.33. The van der Waals surface area contributed by atoms with Crippen LogP contribution in [0.5, 0.6) is 5.75 Å². The number of nitrogens with one attached hydrogen (secondary N) is 2. The van der Waals surface area contributed by atoms with Gasteiger partial charge in [-0.15, -0.1) is 0 Å². The van der Waals surface area contributed by atoms with Gasteiger partial charge in [0.05, 0.1) is 6.61 Å². The highest BCUT2D eigenvalue weighted by Gasteiger charge is 2.19. The van der Waals surface area contributed by atoms with Crippen LogP contribution < -0.4 is 15.4 Å². The standard InChI is InChI=1S/C29H38N2O4S/c1-3-4-5-6-7-8-9-13-20-35-28-21-23(2)27(22-29(28)36(32,33)34)31-26-18-16-25(17-19-26)30-24-14-11-10-12-15-24/h10-12,14-19,21-22,30-31H,3-9,13,20H2,1-2H3,(H,32,33,34). The lowest BCUT2D eigenvalue weighted by molar-refractivity contribution is 0.295. The first kappa shape index (κ1) is 27.6.